The molecule has 2 aliphatic heterocycles. The van der Waals surface area contributed by atoms with Gasteiger partial charge in [-0.1, -0.05) is 50.6 Å². The fourth-order valence-electron chi connectivity index (χ4n) is 4.42. The number of nitrogens with one attached hydrogen (secondary N) is 2. The molecular formula is C25H27ClN4O4. The monoisotopic (exact) mass is 482 g/mol. The van der Waals surface area contributed by atoms with Crippen molar-refractivity contribution in [1.29, 1.82) is 0 Å². The van der Waals surface area contributed by atoms with Gasteiger partial charge < -0.3 is 20.4 Å². The lowest BCUT2D eigenvalue weighted by atomic mass is 9.85. The first-order chi connectivity index (χ1) is 16.1. The van der Waals surface area contributed by atoms with Crippen LogP contribution in [0.2, 0.25) is 5.02 Å². The number of hydrogen-bond acceptors (Lipinski definition) is 4. The van der Waals surface area contributed by atoms with E-state index in [0.717, 1.165) is 11.1 Å². The lowest BCUT2D eigenvalue weighted by Crippen LogP contribution is -2.63. The van der Waals surface area contributed by atoms with E-state index < -0.39 is 17.5 Å². The van der Waals surface area contributed by atoms with Crippen molar-refractivity contribution in [2.75, 3.05) is 25.0 Å². The van der Waals surface area contributed by atoms with Crippen LogP contribution in [0, 0.1) is 5.41 Å². The van der Waals surface area contributed by atoms with E-state index in [-0.39, 0.29) is 37.4 Å². The van der Waals surface area contributed by atoms with Crippen LogP contribution in [0.5, 0.6) is 0 Å². The lowest BCUT2D eigenvalue weighted by Gasteiger charge is -2.42. The maximum Gasteiger partial charge on any atom is 0.256 e. The minimum Gasteiger partial charge on any atom is -0.346 e. The summed E-state index contributed by atoms with van der Waals surface area (Å²) in [4.78, 5) is 53.9. The predicted octanol–water partition coefficient (Wildman–Crippen LogP) is 2.77. The average molecular weight is 483 g/mol. The summed E-state index contributed by atoms with van der Waals surface area (Å²) in [7, 11) is 0. The van der Waals surface area contributed by atoms with Gasteiger partial charge in [0.25, 0.3) is 5.91 Å². The highest BCUT2D eigenvalue weighted by molar-refractivity contribution is 6.30. The summed E-state index contributed by atoms with van der Waals surface area (Å²) < 4.78 is 0. The van der Waals surface area contributed by atoms with E-state index in [1.54, 1.807) is 29.2 Å². The Morgan fingerprint density at radius 3 is 2.44 bits per heavy atom. The van der Waals surface area contributed by atoms with Crippen molar-refractivity contribution in [2.24, 2.45) is 5.41 Å². The van der Waals surface area contributed by atoms with Crippen molar-refractivity contribution in [3.8, 4) is 11.1 Å². The molecule has 1 fully saturated rings. The van der Waals surface area contributed by atoms with Gasteiger partial charge in [0, 0.05) is 18.1 Å². The molecule has 2 heterocycles. The highest BCUT2D eigenvalue weighted by atomic mass is 35.5. The Morgan fingerprint density at radius 1 is 1.12 bits per heavy atom. The number of rotatable bonds is 4. The standard InChI is InChI=1S/C25H27ClN4O4/c1-25(2,3)21(27-14-31)24(34)29-10-11-30-20(13-29)22(32)28-19-9-6-16(12-18(19)23(30)33)15-4-7-17(26)8-5-15/h4-9,12,14,20-21H,10-11,13H2,1-3H3,(H,27,31)(H,28,32)/t20?,21-/m0/s1. The van der Waals surface area contributed by atoms with Crippen molar-refractivity contribution in [2.45, 2.75) is 32.9 Å². The second-order valence-electron chi connectivity index (χ2n) is 9.64. The molecule has 0 radical (unpaired) electrons. The van der Waals surface area contributed by atoms with Crippen molar-refractivity contribution in [3.05, 3.63) is 53.1 Å². The van der Waals surface area contributed by atoms with E-state index >= 15 is 0 Å². The molecule has 2 atom stereocenters. The van der Waals surface area contributed by atoms with Crippen LogP contribution in [0.4, 0.5) is 5.69 Å². The second kappa shape index (κ2) is 9.10. The first kappa shape index (κ1) is 23.8. The van der Waals surface area contributed by atoms with Crippen LogP contribution in [0.1, 0.15) is 31.1 Å². The minimum atomic E-state index is -0.826. The number of carbonyl (C=O) groups is 4. The molecule has 178 valence electrons. The molecule has 2 aromatic rings. The molecule has 0 bridgehead atoms. The van der Waals surface area contributed by atoms with Crippen LogP contribution in [-0.4, -0.2) is 65.6 Å². The summed E-state index contributed by atoms with van der Waals surface area (Å²) in [5.74, 6) is -0.884. The number of halogens is 1. The smallest absolute Gasteiger partial charge is 0.256 e. The Bertz CT molecular complexity index is 1140. The van der Waals surface area contributed by atoms with Gasteiger partial charge in [-0.3, -0.25) is 19.2 Å². The maximum atomic E-state index is 13.5. The largest absolute Gasteiger partial charge is 0.346 e. The predicted molar refractivity (Wildman–Crippen MR) is 129 cm³/mol. The third-order valence-corrected chi connectivity index (χ3v) is 6.54. The van der Waals surface area contributed by atoms with E-state index in [9.17, 15) is 19.2 Å². The summed E-state index contributed by atoms with van der Waals surface area (Å²) in [6.07, 6.45) is 0.515. The summed E-state index contributed by atoms with van der Waals surface area (Å²) >= 11 is 5.99. The number of hydrogen-bond donors (Lipinski definition) is 2. The number of nitrogens with zero attached hydrogens (tertiary/aromatic N) is 2. The maximum absolute atomic E-state index is 13.5. The number of fused-ring (bicyclic) bond motifs is 2. The Hall–Kier alpha value is -3.39. The van der Waals surface area contributed by atoms with Crippen LogP contribution < -0.4 is 10.6 Å². The molecule has 1 saturated heterocycles. The van der Waals surface area contributed by atoms with E-state index in [1.165, 1.54) is 4.90 Å². The van der Waals surface area contributed by atoms with Crippen LogP contribution in [-0.2, 0) is 14.4 Å². The zero-order valence-electron chi connectivity index (χ0n) is 19.3. The third-order valence-electron chi connectivity index (χ3n) is 6.29. The average Bonchev–Trinajstić information content (AvgIpc) is 2.91. The number of anilines is 1. The van der Waals surface area contributed by atoms with Gasteiger partial charge >= 0.3 is 0 Å². The Balaban J connectivity index is 1.60. The van der Waals surface area contributed by atoms with Crippen molar-refractivity contribution >= 4 is 41.4 Å². The molecule has 1 unspecified atom stereocenters. The van der Waals surface area contributed by atoms with E-state index in [0.29, 0.717) is 22.7 Å². The Morgan fingerprint density at radius 2 is 1.79 bits per heavy atom. The van der Waals surface area contributed by atoms with Gasteiger partial charge in [-0.05, 0) is 40.8 Å². The minimum absolute atomic E-state index is 0.0571. The molecule has 0 saturated carbocycles. The molecule has 0 aliphatic carbocycles. The molecule has 2 aromatic carbocycles. The first-order valence-electron chi connectivity index (χ1n) is 11.1. The van der Waals surface area contributed by atoms with Crippen LogP contribution in [0.15, 0.2) is 42.5 Å². The molecule has 4 rings (SSSR count). The molecular weight excluding hydrogens is 456 g/mol. The summed E-state index contributed by atoms with van der Waals surface area (Å²) in [5.41, 5.74) is 2.07. The van der Waals surface area contributed by atoms with Crippen molar-refractivity contribution in [3.63, 3.8) is 0 Å². The van der Waals surface area contributed by atoms with Gasteiger partial charge in [0.1, 0.15) is 12.1 Å². The topological polar surface area (TPSA) is 98.8 Å². The first-order valence-corrected chi connectivity index (χ1v) is 11.5. The third kappa shape index (κ3) is 4.50. The Labute approximate surface area is 203 Å². The van der Waals surface area contributed by atoms with Gasteiger partial charge in [0.2, 0.25) is 18.2 Å². The highest BCUT2D eigenvalue weighted by Crippen LogP contribution is 2.31. The van der Waals surface area contributed by atoms with Crippen molar-refractivity contribution in [1.82, 2.24) is 15.1 Å². The molecule has 2 N–H and O–H groups in total. The lowest BCUT2D eigenvalue weighted by molar-refractivity contribution is -0.141. The van der Waals surface area contributed by atoms with Crippen molar-refractivity contribution < 1.29 is 19.2 Å². The van der Waals surface area contributed by atoms with Crippen LogP contribution in [0.25, 0.3) is 11.1 Å². The summed E-state index contributed by atoms with van der Waals surface area (Å²) in [5, 5.41) is 6.07. The molecule has 8 nitrogen and oxygen atoms in total. The van der Waals surface area contributed by atoms with Crippen LogP contribution >= 0.6 is 11.6 Å². The molecule has 4 amide bonds. The fraction of sp³-hybridized carbons (Fsp3) is 0.360. The molecule has 34 heavy (non-hydrogen) atoms. The highest BCUT2D eigenvalue weighted by Gasteiger charge is 2.43. The number of amides is 4. The molecule has 0 aromatic heterocycles. The zero-order chi connectivity index (χ0) is 24.6. The van der Waals surface area contributed by atoms with Gasteiger partial charge in [0.05, 0.1) is 17.8 Å². The van der Waals surface area contributed by atoms with Gasteiger partial charge in [-0.2, -0.15) is 0 Å². The van der Waals surface area contributed by atoms with Gasteiger partial charge in [0.15, 0.2) is 0 Å². The number of benzene rings is 2. The van der Waals surface area contributed by atoms with E-state index in [1.807, 2.05) is 39.0 Å². The Kier molecular flexibility index (Phi) is 6.36. The zero-order valence-corrected chi connectivity index (χ0v) is 20.1. The fourth-order valence-corrected chi connectivity index (χ4v) is 4.54. The molecule has 0 spiro atoms. The quantitative estimate of drug-likeness (QED) is 0.654. The number of carbonyl (C=O) groups excluding carboxylic acids is 4. The number of piperazine rings is 1. The summed E-state index contributed by atoms with van der Waals surface area (Å²) in [6.45, 7) is 6.12. The second-order valence-corrected chi connectivity index (χ2v) is 10.1. The molecule has 2 aliphatic rings. The van der Waals surface area contributed by atoms with Gasteiger partial charge in [-0.15, -0.1) is 0 Å². The van der Waals surface area contributed by atoms with E-state index in [2.05, 4.69) is 10.6 Å². The SMILES string of the molecule is CC(C)(C)[C@@H](NC=O)C(=O)N1CCN2C(=O)c3cc(-c4ccc(Cl)cc4)ccc3NC(=O)C2C1. The normalized spacial score (nSPS) is 18.9. The van der Waals surface area contributed by atoms with Crippen LogP contribution in [0.3, 0.4) is 0 Å². The summed E-state index contributed by atoms with van der Waals surface area (Å²) in [6, 6.07) is 11.1. The van der Waals surface area contributed by atoms with Gasteiger partial charge in [-0.25, -0.2) is 0 Å². The van der Waals surface area contributed by atoms with E-state index in [4.69, 9.17) is 11.6 Å². The molecule has 9 heteroatoms.